The molecule has 16 heteroatoms. The molecule has 1 aromatic heterocycles. The Hall–Kier alpha value is -5.29. The minimum absolute atomic E-state index is 0.0148. The third-order valence-electron chi connectivity index (χ3n) is 13.0. The molecule has 8 atom stereocenters. The SMILES string of the molecule is CCCOC(=O)[C@H](C)NP(=O)(Oc1ccccc1)C(F)c1ccc2sc(C(=O)N[C@H]3CCCC[C@H]4CC[C@@H](C(=O)N5C[C@@H](c6cccc(OC)c6)[C@H](C#N)C56CC6)N4C3=O)cc2c1. The average molecular weight is 898 g/mol. The lowest BCUT2D eigenvalue weighted by atomic mass is 9.85. The molecule has 0 bridgehead atoms. The van der Waals surface area contributed by atoms with Crippen LogP contribution < -0.4 is 19.7 Å². The van der Waals surface area contributed by atoms with Crippen molar-refractivity contribution in [3.63, 3.8) is 0 Å². The highest BCUT2D eigenvalue weighted by Gasteiger charge is 2.64. The quantitative estimate of drug-likeness (QED) is 0.0927. The smallest absolute Gasteiger partial charge is 0.355 e. The number of fused-ring (bicyclic) bond motifs is 2. The minimum Gasteiger partial charge on any atom is -0.497 e. The number of methoxy groups -OCH3 is 1. The molecule has 63 heavy (non-hydrogen) atoms. The van der Waals surface area contributed by atoms with Crippen LogP contribution in [-0.2, 0) is 23.7 Å². The van der Waals surface area contributed by atoms with Gasteiger partial charge in [0.25, 0.3) is 5.91 Å². The number of ether oxygens (including phenoxy) is 2. The summed E-state index contributed by atoms with van der Waals surface area (Å²) in [5, 5.41) is 16.5. The van der Waals surface area contributed by atoms with Crippen molar-refractivity contribution >= 4 is 52.6 Å². The van der Waals surface area contributed by atoms with Crippen LogP contribution in [0.25, 0.3) is 10.1 Å². The highest BCUT2D eigenvalue weighted by Crippen LogP contribution is 2.59. The van der Waals surface area contributed by atoms with Crippen LogP contribution in [0.5, 0.6) is 11.5 Å². The Bertz CT molecular complexity index is 2460. The van der Waals surface area contributed by atoms with Crippen molar-refractivity contribution in [2.75, 3.05) is 20.3 Å². The van der Waals surface area contributed by atoms with E-state index in [9.17, 15) is 29.0 Å². The summed E-state index contributed by atoms with van der Waals surface area (Å²) in [6.07, 6.45) is 5.97. The third-order valence-corrected chi connectivity index (χ3v) is 16.2. The summed E-state index contributed by atoms with van der Waals surface area (Å²) in [5.41, 5.74) is 0.397. The zero-order valence-electron chi connectivity index (χ0n) is 35.7. The number of thiophene rings is 1. The molecule has 4 fully saturated rings. The maximum absolute atomic E-state index is 16.6. The number of nitriles is 1. The van der Waals surface area contributed by atoms with Crippen LogP contribution in [0.3, 0.4) is 0 Å². The molecule has 4 aliphatic rings. The number of halogens is 1. The molecule has 3 amide bonds. The third kappa shape index (κ3) is 8.82. The summed E-state index contributed by atoms with van der Waals surface area (Å²) in [6, 6.07) is 21.7. The summed E-state index contributed by atoms with van der Waals surface area (Å²) in [6.45, 7) is 3.81. The first-order valence-corrected chi connectivity index (χ1v) is 24.3. The zero-order valence-corrected chi connectivity index (χ0v) is 37.4. The van der Waals surface area contributed by atoms with Gasteiger partial charge in [-0.15, -0.1) is 11.3 Å². The number of carbonyl (C=O) groups excluding carboxylic acids is 4. The zero-order chi connectivity index (χ0) is 44.5. The van der Waals surface area contributed by atoms with Gasteiger partial charge in [0.15, 0.2) is 0 Å². The van der Waals surface area contributed by atoms with Gasteiger partial charge in [-0.3, -0.25) is 23.7 Å². The summed E-state index contributed by atoms with van der Waals surface area (Å²) in [5.74, 6) is -3.53. The molecule has 13 nitrogen and oxygen atoms in total. The number of nitrogens with one attached hydrogen (secondary N) is 2. The number of hydrogen-bond donors (Lipinski definition) is 2. The molecule has 332 valence electrons. The second-order valence-corrected chi connectivity index (χ2v) is 20.3. The van der Waals surface area contributed by atoms with Crippen molar-refractivity contribution in [2.45, 2.75) is 113 Å². The fraction of sp³-hybridized carbons (Fsp3) is 0.468. The lowest BCUT2D eigenvalue weighted by molar-refractivity contribution is -0.148. The number of esters is 1. The molecule has 0 radical (unpaired) electrons. The lowest BCUT2D eigenvalue weighted by Gasteiger charge is -2.37. The molecule has 4 heterocycles. The van der Waals surface area contributed by atoms with Gasteiger partial charge in [0, 0.05) is 23.2 Å². The van der Waals surface area contributed by atoms with E-state index in [4.69, 9.17) is 14.0 Å². The van der Waals surface area contributed by atoms with E-state index < -0.39 is 49.0 Å². The fourth-order valence-electron chi connectivity index (χ4n) is 9.69. The van der Waals surface area contributed by atoms with Crippen molar-refractivity contribution in [2.24, 2.45) is 5.92 Å². The van der Waals surface area contributed by atoms with Crippen LogP contribution in [0.4, 0.5) is 4.39 Å². The molecular formula is C47H53FN5O8PS. The number of likely N-dealkylation sites (tertiary alicyclic amines) is 1. The lowest BCUT2D eigenvalue weighted by Crippen LogP contribution is -2.57. The Balaban J connectivity index is 0.991. The van der Waals surface area contributed by atoms with Gasteiger partial charge in [-0.05, 0) is 111 Å². The monoisotopic (exact) mass is 897 g/mol. The van der Waals surface area contributed by atoms with Gasteiger partial charge in [-0.1, -0.05) is 56.2 Å². The van der Waals surface area contributed by atoms with Crippen LogP contribution >= 0.6 is 18.9 Å². The van der Waals surface area contributed by atoms with Gasteiger partial charge in [-0.2, -0.15) is 5.26 Å². The second-order valence-electron chi connectivity index (χ2n) is 17.1. The van der Waals surface area contributed by atoms with E-state index >= 15 is 4.39 Å². The highest BCUT2D eigenvalue weighted by atomic mass is 32.1. The van der Waals surface area contributed by atoms with E-state index in [0.29, 0.717) is 52.9 Å². The molecule has 1 spiro atoms. The summed E-state index contributed by atoms with van der Waals surface area (Å²) in [7, 11) is -2.86. The van der Waals surface area contributed by atoms with Gasteiger partial charge in [0.2, 0.25) is 17.7 Å². The fourth-order valence-corrected chi connectivity index (χ4v) is 12.5. The standard InChI is InChI=1S/C47H53FN5O8PS/c1-4-23-60-46(57)29(2)51-62(58,61-34-13-6-5-7-14-34)42(48)31-17-20-40-32(24-31)26-41(63-40)43(54)50-38-16-9-8-12-33-18-19-39(53(33)44(38)55)45(56)52-28-36(37(27-49)47(52)21-22-47)30-11-10-15-35(25-30)59-3/h5-7,10-11,13-15,17,20,24-26,29,33,36-39,42H,4,8-9,12,16,18-19,21-23,28H2,1-3H3,(H,50,54)(H,51,58)/t29-,33-,36-,37-,38-,39-,42?,62?/m0/s1. The molecule has 3 aromatic carbocycles. The van der Waals surface area contributed by atoms with Crippen LogP contribution in [0, 0.1) is 17.2 Å². The number of alkyl halides is 1. The average Bonchev–Trinajstić information content (AvgIpc) is 3.61. The Labute approximate surface area is 370 Å². The van der Waals surface area contributed by atoms with Crippen molar-refractivity contribution in [1.29, 1.82) is 5.26 Å². The molecule has 1 saturated carbocycles. The first kappa shape index (κ1) is 44.3. The summed E-state index contributed by atoms with van der Waals surface area (Å²) in [4.78, 5) is 59.8. The Morgan fingerprint density at radius 3 is 2.49 bits per heavy atom. The van der Waals surface area contributed by atoms with Gasteiger partial charge in [-0.25, -0.2) is 9.48 Å². The molecule has 4 aromatic rings. The Morgan fingerprint density at radius 1 is 1.00 bits per heavy atom. The van der Waals surface area contributed by atoms with E-state index in [1.165, 1.54) is 42.5 Å². The predicted octanol–water partition coefficient (Wildman–Crippen LogP) is 8.41. The number of carbonyl (C=O) groups is 4. The normalized spacial score (nSPS) is 24.6. The molecule has 2 unspecified atom stereocenters. The number of amides is 3. The van der Waals surface area contributed by atoms with E-state index in [2.05, 4.69) is 16.5 Å². The maximum Gasteiger partial charge on any atom is 0.355 e. The van der Waals surface area contributed by atoms with Gasteiger partial charge in [0.05, 0.1) is 36.1 Å². The van der Waals surface area contributed by atoms with Gasteiger partial charge < -0.3 is 29.1 Å². The number of nitrogens with zero attached hydrogens (tertiary/aromatic N) is 3. The Morgan fingerprint density at radius 2 is 1.76 bits per heavy atom. The maximum atomic E-state index is 16.6. The van der Waals surface area contributed by atoms with E-state index in [0.717, 1.165) is 37.7 Å². The number of hydrogen-bond acceptors (Lipinski definition) is 10. The summed E-state index contributed by atoms with van der Waals surface area (Å²) >= 11 is 1.18. The number of rotatable bonds is 14. The first-order valence-electron chi connectivity index (χ1n) is 21.8. The summed E-state index contributed by atoms with van der Waals surface area (Å²) < 4.78 is 48.0. The molecule has 1 aliphatic carbocycles. The van der Waals surface area contributed by atoms with E-state index in [-0.39, 0.29) is 47.6 Å². The van der Waals surface area contributed by atoms with Gasteiger partial charge >= 0.3 is 13.5 Å². The van der Waals surface area contributed by atoms with Gasteiger partial charge in [0.1, 0.15) is 29.6 Å². The largest absolute Gasteiger partial charge is 0.497 e. The predicted molar refractivity (Wildman–Crippen MR) is 236 cm³/mol. The Kier molecular flexibility index (Phi) is 13.0. The van der Waals surface area contributed by atoms with Crippen molar-refractivity contribution in [1.82, 2.24) is 20.2 Å². The van der Waals surface area contributed by atoms with E-state index in [1.807, 2.05) is 36.1 Å². The van der Waals surface area contributed by atoms with Crippen LogP contribution in [0.15, 0.2) is 78.9 Å². The van der Waals surface area contributed by atoms with E-state index in [1.54, 1.807) is 42.3 Å². The molecular weight excluding hydrogens is 845 g/mol. The number of para-hydroxylation sites is 1. The number of benzene rings is 3. The van der Waals surface area contributed by atoms with Crippen LogP contribution in [0.2, 0.25) is 0 Å². The molecule has 2 N–H and O–H groups in total. The van der Waals surface area contributed by atoms with Crippen LogP contribution in [0.1, 0.15) is 104 Å². The van der Waals surface area contributed by atoms with Crippen molar-refractivity contribution < 1.29 is 42.1 Å². The van der Waals surface area contributed by atoms with Crippen molar-refractivity contribution in [3.05, 3.63) is 94.9 Å². The van der Waals surface area contributed by atoms with Crippen molar-refractivity contribution in [3.8, 4) is 17.6 Å². The first-order chi connectivity index (χ1) is 30.4. The second kappa shape index (κ2) is 18.4. The molecule has 3 aliphatic heterocycles. The topological polar surface area (TPSA) is 167 Å². The molecule has 8 rings (SSSR count). The molecule has 3 saturated heterocycles. The van der Waals surface area contributed by atoms with Crippen LogP contribution in [-0.4, -0.2) is 83.5 Å². The highest BCUT2D eigenvalue weighted by molar-refractivity contribution is 7.57. The minimum atomic E-state index is -4.46.